The van der Waals surface area contributed by atoms with Crippen molar-refractivity contribution in [2.24, 2.45) is 0 Å². The molecule has 0 aromatic carbocycles. The molecule has 0 saturated carbocycles. The molecule has 1 aromatic rings. The first-order chi connectivity index (χ1) is 11.4. The highest BCUT2D eigenvalue weighted by atomic mass is 16.5. The second-order valence-corrected chi connectivity index (χ2v) is 5.77. The van der Waals surface area contributed by atoms with E-state index in [4.69, 9.17) is 4.74 Å². The van der Waals surface area contributed by atoms with Crippen molar-refractivity contribution >= 4 is 17.9 Å². The van der Waals surface area contributed by atoms with Crippen molar-refractivity contribution < 1.29 is 19.1 Å². The van der Waals surface area contributed by atoms with Crippen molar-refractivity contribution in [3.63, 3.8) is 0 Å². The first-order valence-corrected chi connectivity index (χ1v) is 7.73. The lowest BCUT2D eigenvalue weighted by Gasteiger charge is -2.22. The standard InChI is InChI=1S/C16H22N4O4/c1-19(2)16(23)18-10-12-9-11(6-7-17-12)14(21)20-8-4-5-13(20)15(22)24-3/h6-7,9,13H,4-5,8,10H2,1-3H3,(H,18,23). The lowest BCUT2D eigenvalue weighted by atomic mass is 10.1. The molecule has 130 valence electrons. The summed E-state index contributed by atoms with van der Waals surface area (Å²) in [5, 5.41) is 2.70. The maximum atomic E-state index is 12.7. The number of esters is 1. The Labute approximate surface area is 140 Å². The second-order valence-electron chi connectivity index (χ2n) is 5.77. The van der Waals surface area contributed by atoms with Gasteiger partial charge < -0.3 is 19.9 Å². The van der Waals surface area contributed by atoms with Crippen LogP contribution in [0.4, 0.5) is 4.79 Å². The van der Waals surface area contributed by atoms with E-state index in [0.29, 0.717) is 24.2 Å². The Morgan fingerprint density at radius 3 is 2.83 bits per heavy atom. The zero-order valence-corrected chi connectivity index (χ0v) is 14.1. The van der Waals surface area contributed by atoms with Crippen LogP contribution in [-0.2, 0) is 16.1 Å². The summed E-state index contributed by atoms with van der Waals surface area (Å²) in [6, 6.07) is 2.46. The quantitative estimate of drug-likeness (QED) is 0.816. The minimum Gasteiger partial charge on any atom is -0.467 e. The fourth-order valence-corrected chi connectivity index (χ4v) is 2.59. The summed E-state index contributed by atoms with van der Waals surface area (Å²) in [4.78, 5) is 43.1. The zero-order valence-electron chi connectivity index (χ0n) is 14.1. The zero-order chi connectivity index (χ0) is 17.7. The molecule has 1 aliphatic heterocycles. The van der Waals surface area contributed by atoms with Crippen LogP contribution in [0.5, 0.6) is 0 Å². The Balaban J connectivity index is 2.08. The summed E-state index contributed by atoms with van der Waals surface area (Å²) in [6.45, 7) is 0.742. The topological polar surface area (TPSA) is 91.8 Å². The Bertz CT molecular complexity index is 632. The van der Waals surface area contributed by atoms with Crippen molar-refractivity contribution in [3.8, 4) is 0 Å². The summed E-state index contributed by atoms with van der Waals surface area (Å²) in [6.07, 6.45) is 2.89. The van der Waals surface area contributed by atoms with Crippen LogP contribution in [0.1, 0.15) is 28.9 Å². The van der Waals surface area contributed by atoms with Gasteiger partial charge in [-0.1, -0.05) is 0 Å². The van der Waals surface area contributed by atoms with E-state index in [1.165, 1.54) is 23.1 Å². The van der Waals surface area contributed by atoms with Crippen molar-refractivity contribution in [3.05, 3.63) is 29.6 Å². The molecule has 8 nitrogen and oxygen atoms in total. The van der Waals surface area contributed by atoms with Gasteiger partial charge in [0.05, 0.1) is 19.3 Å². The molecule has 1 atom stereocenters. The Hall–Kier alpha value is -2.64. The third-order valence-corrected chi connectivity index (χ3v) is 3.88. The molecule has 2 rings (SSSR count). The minimum absolute atomic E-state index is 0.221. The molecule has 1 unspecified atom stereocenters. The van der Waals surface area contributed by atoms with Gasteiger partial charge in [-0.15, -0.1) is 0 Å². The average Bonchev–Trinajstić information content (AvgIpc) is 3.08. The molecule has 1 N–H and O–H groups in total. The van der Waals surface area contributed by atoms with Gasteiger partial charge in [0.2, 0.25) is 0 Å². The molecular weight excluding hydrogens is 312 g/mol. The SMILES string of the molecule is COC(=O)C1CCCN1C(=O)c1ccnc(CNC(=O)N(C)C)c1. The molecule has 2 heterocycles. The number of urea groups is 1. The molecule has 1 aromatic heterocycles. The second kappa shape index (κ2) is 7.76. The Morgan fingerprint density at radius 2 is 2.17 bits per heavy atom. The van der Waals surface area contributed by atoms with Crippen LogP contribution in [0.2, 0.25) is 0 Å². The van der Waals surface area contributed by atoms with Crippen LogP contribution in [0.15, 0.2) is 18.3 Å². The van der Waals surface area contributed by atoms with E-state index in [1.807, 2.05) is 0 Å². The van der Waals surface area contributed by atoms with Crippen LogP contribution < -0.4 is 5.32 Å². The molecule has 0 aliphatic carbocycles. The summed E-state index contributed by atoms with van der Waals surface area (Å²) in [5.74, 6) is -0.626. The molecule has 0 bridgehead atoms. The van der Waals surface area contributed by atoms with Gasteiger partial charge in [0.25, 0.3) is 5.91 Å². The monoisotopic (exact) mass is 334 g/mol. The highest BCUT2D eigenvalue weighted by molar-refractivity contribution is 5.97. The van der Waals surface area contributed by atoms with E-state index >= 15 is 0 Å². The van der Waals surface area contributed by atoms with Crippen LogP contribution in [-0.4, -0.2) is 66.5 Å². The third kappa shape index (κ3) is 4.01. The van der Waals surface area contributed by atoms with Crippen molar-refractivity contribution in [1.29, 1.82) is 0 Å². The number of rotatable bonds is 4. The number of aromatic nitrogens is 1. The molecule has 0 radical (unpaired) electrons. The van der Waals surface area contributed by atoms with Crippen molar-refractivity contribution in [1.82, 2.24) is 20.1 Å². The van der Waals surface area contributed by atoms with Gasteiger partial charge in [-0.05, 0) is 25.0 Å². The van der Waals surface area contributed by atoms with Crippen LogP contribution in [0.3, 0.4) is 0 Å². The number of nitrogens with one attached hydrogen (secondary N) is 1. The summed E-state index contributed by atoms with van der Waals surface area (Å²) in [5.41, 5.74) is 1.01. The van der Waals surface area contributed by atoms with E-state index in [9.17, 15) is 14.4 Å². The predicted molar refractivity (Wildman–Crippen MR) is 86.2 cm³/mol. The maximum absolute atomic E-state index is 12.7. The van der Waals surface area contributed by atoms with Gasteiger partial charge in [0, 0.05) is 32.4 Å². The van der Waals surface area contributed by atoms with Crippen LogP contribution >= 0.6 is 0 Å². The first-order valence-electron chi connectivity index (χ1n) is 7.73. The van der Waals surface area contributed by atoms with Crippen molar-refractivity contribution in [2.45, 2.75) is 25.4 Å². The predicted octanol–water partition coefficient (Wildman–Crippen LogP) is 0.630. The number of amides is 3. The van der Waals surface area contributed by atoms with E-state index in [1.54, 1.807) is 26.2 Å². The fraction of sp³-hybridized carbons (Fsp3) is 0.500. The smallest absolute Gasteiger partial charge is 0.328 e. The van der Waals surface area contributed by atoms with Gasteiger partial charge in [-0.25, -0.2) is 9.59 Å². The molecule has 0 spiro atoms. The van der Waals surface area contributed by atoms with Gasteiger partial charge >= 0.3 is 12.0 Å². The minimum atomic E-state index is -0.535. The summed E-state index contributed by atoms with van der Waals surface area (Å²) in [7, 11) is 4.60. The Kier molecular flexibility index (Phi) is 5.73. The van der Waals surface area contributed by atoms with Crippen molar-refractivity contribution in [2.75, 3.05) is 27.7 Å². The lowest BCUT2D eigenvalue weighted by molar-refractivity contribution is -0.145. The highest BCUT2D eigenvalue weighted by Crippen LogP contribution is 2.21. The molecule has 3 amide bonds. The molecule has 24 heavy (non-hydrogen) atoms. The number of ether oxygens (including phenoxy) is 1. The van der Waals surface area contributed by atoms with Gasteiger partial charge in [-0.3, -0.25) is 9.78 Å². The number of carbonyl (C=O) groups is 3. The molecule has 1 fully saturated rings. The molecule has 8 heteroatoms. The Morgan fingerprint density at radius 1 is 1.42 bits per heavy atom. The molecular formula is C16H22N4O4. The van der Waals surface area contributed by atoms with E-state index in [2.05, 4.69) is 10.3 Å². The van der Waals surface area contributed by atoms with Gasteiger partial charge in [0.15, 0.2) is 0 Å². The van der Waals surface area contributed by atoms with Crippen LogP contribution in [0, 0.1) is 0 Å². The number of nitrogens with zero attached hydrogens (tertiary/aromatic N) is 3. The number of likely N-dealkylation sites (tertiary alicyclic amines) is 1. The van der Waals surface area contributed by atoms with Gasteiger partial charge in [0.1, 0.15) is 6.04 Å². The number of pyridine rings is 1. The molecule has 1 aliphatic rings. The van der Waals surface area contributed by atoms with E-state index < -0.39 is 12.0 Å². The lowest BCUT2D eigenvalue weighted by Crippen LogP contribution is -2.41. The number of carbonyl (C=O) groups excluding carboxylic acids is 3. The van der Waals surface area contributed by atoms with Gasteiger partial charge in [-0.2, -0.15) is 0 Å². The summed E-state index contributed by atoms with van der Waals surface area (Å²) < 4.78 is 4.76. The number of methoxy groups -OCH3 is 1. The fourth-order valence-electron chi connectivity index (χ4n) is 2.59. The first kappa shape index (κ1) is 17.7. The normalized spacial score (nSPS) is 16.6. The highest BCUT2D eigenvalue weighted by Gasteiger charge is 2.35. The third-order valence-electron chi connectivity index (χ3n) is 3.88. The number of hydrogen-bond acceptors (Lipinski definition) is 5. The number of hydrogen-bond donors (Lipinski definition) is 1. The van der Waals surface area contributed by atoms with Crippen LogP contribution in [0.25, 0.3) is 0 Å². The van der Waals surface area contributed by atoms with E-state index in [-0.39, 0.29) is 18.5 Å². The largest absolute Gasteiger partial charge is 0.467 e. The molecule has 1 saturated heterocycles. The summed E-state index contributed by atoms with van der Waals surface area (Å²) >= 11 is 0. The average molecular weight is 334 g/mol. The van der Waals surface area contributed by atoms with E-state index in [0.717, 1.165) is 6.42 Å². The maximum Gasteiger partial charge on any atom is 0.328 e.